The summed E-state index contributed by atoms with van der Waals surface area (Å²) in [4.78, 5) is 4.66. The third-order valence-corrected chi connectivity index (χ3v) is 3.69. The number of rotatable bonds is 2. The molecule has 1 aliphatic carbocycles. The van der Waals surface area contributed by atoms with Crippen LogP contribution < -0.4 is 5.32 Å². The number of aryl methyl sites for hydroxylation is 4. The van der Waals surface area contributed by atoms with Gasteiger partial charge in [0.15, 0.2) is 0 Å². The first-order valence-corrected chi connectivity index (χ1v) is 6.87. The summed E-state index contributed by atoms with van der Waals surface area (Å²) in [7, 11) is 1.88. The molecule has 5 heteroatoms. The molecule has 0 radical (unpaired) electrons. The van der Waals surface area contributed by atoms with Gasteiger partial charge in [-0.3, -0.25) is 4.68 Å². The maximum absolute atomic E-state index is 9.32. The number of hydrogen-bond donors (Lipinski definition) is 1. The Kier molecular flexibility index (Phi) is 3.15. The van der Waals surface area contributed by atoms with Crippen molar-refractivity contribution < 1.29 is 0 Å². The lowest BCUT2D eigenvalue weighted by atomic mass is 9.95. The summed E-state index contributed by atoms with van der Waals surface area (Å²) in [6.45, 7) is 1.94. The highest BCUT2D eigenvalue weighted by Crippen LogP contribution is 2.27. The topological polar surface area (TPSA) is 66.5 Å². The second-order valence-electron chi connectivity index (χ2n) is 5.24. The Labute approximate surface area is 118 Å². The summed E-state index contributed by atoms with van der Waals surface area (Å²) in [5.74, 6) is 0.643. The predicted molar refractivity (Wildman–Crippen MR) is 76.8 cm³/mol. The second-order valence-corrected chi connectivity index (χ2v) is 5.24. The maximum atomic E-state index is 9.32. The van der Waals surface area contributed by atoms with Gasteiger partial charge in [-0.1, -0.05) is 0 Å². The van der Waals surface area contributed by atoms with E-state index in [1.165, 1.54) is 18.4 Å². The minimum absolute atomic E-state index is 0.605. The summed E-state index contributed by atoms with van der Waals surface area (Å²) < 4.78 is 1.75. The van der Waals surface area contributed by atoms with E-state index in [-0.39, 0.29) is 0 Å². The van der Waals surface area contributed by atoms with Crippen LogP contribution >= 0.6 is 0 Å². The van der Waals surface area contributed by atoms with E-state index in [2.05, 4.69) is 21.5 Å². The highest BCUT2D eigenvalue weighted by atomic mass is 15.3. The smallest absolute Gasteiger partial charge is 0.148 e. The summed E-state index contributed by atoms with van der Waals surface area (Å²) in [5.41, 5.74) is 4.75. The summed E-state index contributed by atoms with van der Waals surface area (Å²) in [5, 5.41) is 16.9. The van der Waals surface area contributed by atoms with Crippen LogP contribution in [0.4, 0.5) is 11.5 Å². The average molecular weight is 267 g/mol. The van der Waals surface area contributed by atoms with Crippen molar-refractivity contribution in [1.29, 1.82) is 5.26 Å². The normalized spacial score (nSPS) is 13.7. The van der Waals surface area contributed by atoms with Crippen LogP contribution in [0.1, 0.15) is 35.4 Å². The van der Waals surface area contributed by atoms with Crippen molar-refractivity contribution in [3.63, 3.8) is 0 Å². The van der Waals surface area contributed by atoms with Gasteiger partial charge in [0.1, 0.15) is 11.9 Å². The molecule has 0 saturated heterocycles. The van der Waals surface area contributed by atoms with Crippen molar-refractivity contribution in [1.82, 2.24) is 14.8 Å². The monoisotopic (exact) mass is 267 g/mol. The molecular weight excluding hydrogens is 250 g/mol. The van der Waals surface area contributed by atoms with Gasteiger partial charge in [-0.25, -0.2) is 4.98 Å². The van der Waals surface area contributed by atoms with Gasteiger partial charge in [0.25, 0.3) is 0 Å². The first-order valence-electron chi connectivity index (χ1n) is 6.87. The first-order chi connectivity index (χ1) is 9.67. The minimum atomic E-state index is 0.605. The predicted octanol–water partition coefficient (Wildman–Crippen LogP) is 2.62. The van der Waals surface area contributed by atoms with Gasteiger partial charge in [-0.2, -0.15) is 10.4 Å². The Hall–Kier alpha value is -2.35. The Morgan fingerprint density at radius 3 is 2.85 bits per heavy atom. The number of nitriles is 1. The zero-order valence-corrected chi connectivity index (χ0v) is 11.8. The molecule has 2 aromatic heterocycles. The Morgan fingerprint density at radius 1 is 1.35 bits per heavy atom. The lowest BCUT2D eigenvalue weighted by molar-refractivity contribution is 0.668. The van der Waals surface area contributed by atoms with E-state index < -0.39 is 0 Å². The van der Waals surface area contributed by atoms with Crippen LogP contribution in [0.2, 0.25) is 0 Å². The number of nitrogens with zero attached hydrogens (tertiary/aromatic N) is 4. The first kappa shape index (κ1) is 12.7. The summed E-state index contributed by atoms with van der Waals surface area (Å²) in [6.07, 6.45) is 6.30. The van der Waals surface area contributed by atoms with Crippen LogP contribution in [0.5, 0.6) is 0 Å². The van der Waals surface area contributed by atoms with Crippen molar-refractivity contribution in [2.45, 2.75) is 32.6 Å². The fourth-order valence-electron chi connectivity index (χ4n) is 2.66. The number of nitrogens with one attached hydrogen (secondary N) is 1. The van der Waals surface area contributed by atoms with Crippen LogP contribution in [0, 0.1) is 18.3 Å². The van der Waals surface area contributed by atoms with E-state index in [1.54, 1.807) is 4.68 Å². The number of aromatic nitrogens is 3. The quantitative estimate of drug-likeness (QED) is 0.908. The van der Waals surface area contributed by atoms with Crippen LogP contribution in [-0.2, 0) is 19.9 Å². The van der Waals surface area contributed by atoms with E-state index in [4.69, 9.17) is 0 Å². The largest absolute Gasteiger partial charge is 0.336 e. The Morgan fingerprint density at radius 2 is 2.15 bits per heavy atom. The molecule has 0 bridgehead atoms. The van der Waals surface area contributed by atoms with Crippen molar-refractivity contribution in [3.8, 4) is 6.07 Å². The molecule has 0 amide bonds. The lowest BCUT2D eigenvalue weighted by Gasteiger charge is -2.17. The van der Waals surface area contributed by atoms with Crippen LogP contribution in [0.3, 0.4) is 0 Å². The fourth-order valence-corrected chi connectivity index (χ4v) is 2.66. The molecule has 0 fully saturated rings. The summed E-state index contributed by atoms with van der Waals surface area (Å²) >= 11 is 0. The van der Waals surface area contributed by atoms with E-state index >= 15 is 0 Å². The van der Waals surface area contributed by atoms with Gasteiger partial charge in [0, 0.05) is 18.9 Å². The zero-order valence-electron chi connectivity index (χ0n) is 11.8. The van der Waals surface area contributed by atoms with Gasteiger partial charge in [0.05, 0.1) is 16.9 Å². The van der Waals surface area contributed by atoms with Crippen LogP contribution in [0.15, 0.2) is 12.3 Å². The molecule has 0 aromatic carbocycles. The second kappa shape index (κ2) is 4.97. The van der Waals surface area contributed by atoms with Crippen molar-refractivity contribution >= 4 is 11.5 Å². The van der Waals surface area contributed by atoms with E-state index in [9.17, 15) is 5.26 Å². The highest BCUT2D eigenvalue weighted by Gasteiger charge is 2.16. The van der Waals surface area contributed by atoms with E-state index in [1.807, 2.05) is 26.2 Å². The molecule has 0 unspecified atom stereocenters. The molecular formula is C15H17N5. The molecule has 1 aliphatic rings. The summed E-state index contributed by atoms with van der Waals surface area (Å²) in [6, 6.07) is 4.22. The van der Waals surface area contributed by atoms with Gasteiger partial charge in [0.2, 0.25) is 0 Å². The molecule has 20 heavy (non-hydrogen) atoms. The molecule has 2 heterocycles. The van der Waals surface area contributed by atoms with Crippen molar-refractivity contribution in [2.24, 2.45) is 7.05 Å². The number of hydrogen-bond acceptors (Lipinski definition) is 4. The number of anilines is 2. The van der Waals surface area contributed by atoms with E-state index in [0.29, 0.717) is 11.4 Å². The van der Waals surface area contributed by atoms with Gasteiger partial charge in [-0.05, 0) is 44.2 Å². The average Bonchev–Trinajstić information content (AvgIpc) is 2.76. The van der Waals surface area contributed by atoms with Crippen LogP contribution in [0.25, 0.3) is 0 Å². The van der Waals surface area contributed by atoms with Gasteiger partial charge in [-0.15, -0.1) is 0 Å². The highest BCUT2D eigenvalue weighted by molar-refractivity contribution is 5.64. The molecule has 0 spiro atoms. The molecule has 3 rings (SSSR count). The standard InChI is InChI=1S/C15H17N5/c1-10-14(9-20(2)19-10)18-15-12(8-16)7-11-5-3-4-6-13(11)17-15/h7,9H,3-6H2,1-2H3,(H,17,18). The molecule has 0 aliphatic heterocycles. The Balaban J connectivity index is 2.00. The van der Waals surface area contributed by atoms with Crippen molar-refractivity contribution in [2.75, 3.05) is 5.32 Å². The molecule has 0 atom stereocenters. The molecule has 102 valence electrons. The van der Waals surface area contributed by atoms with Gasteiger partial charge < -0.3 is 5.32 Å². The fraction of sp³-hybridized carbons (Fsp3) is 0.400. The number of fused-ring (bicyclic) bond motifs is 1. The van der Waals surface area contributed by atoms with Crippen molar-refractivity contribution in [3.05, 3.63) is 34.8 Å². The van der Waals surface area contributed by atoms with Gasteiger partial charge >= 0.3 is 0 Å². The third kappa shape index (κ3) is 2.25. The molecule has 5 nitrogen and oxygen atoms in total. The van der Waals surface area contributed by atoms with E-state index in [0.717, 1.165) is 29.9 Å². The van der Waals surface area contributed by atoms with Crippen LogP contribution in [-0.4, -0.2) is 14.8 Å². The number of pyridine rings is 1. The Bertz CT molecular complexity index is 693. The minimum Gasteiger partial charge on any atom is -0.336 e. The molecule has 1 N–H and O–H groups in total. The SMILES string of the molecule is Cc1nn(C)cc1Nc1nc2c(cc1C#N)CCCC2. The maximum Gasteiger partial charge on any atom is 0.148 e. The third-order valence-electron chi connectivity index (χ3n) is 3.69. The lowest BCUT2D eigenvalue weighted by Crippen LogP contribution is -2.09. The zero-order chi connectivity index (χ0) is 14.1. The molecule has 2 aromatic rings. The molecule has 0 saturated carbocycles.